The number of hydrogen-bond donors (Lipinski definition) is 0. The van der Waals surface area contributed by atoms with E-state index in [0.717, 1.165) is 17.9 Å². The lowest BCUT2D eigenvalue weighted by Gasteiger charge is -2.33. The van der Waals surface area contributed by atoms with E-state index >= 15 is 0 Å². The monoisotopic (exact) mass is 360 g/mol. The predicted molar refractivity (Wildman–Crippen MR) is 94.2 cm³/mol. The van der Waals surface area contributed by atoms with Gasteiger partial charge in [0.2, 0.25) is 0 Å². The molecule has 0 saturated carbocycles. The van der Waals surface area contributed by atoms with Gasteiger partial charge in [-0.15, -0.1) is 11.8 Å². The number of rotatable bonds is 5. The van der Waals surface area contributed by atoms with Gasteiger partial charge in [-0.1, -0.05) is 0 Å². The van der Waals surface area contributed by atoms with Gasteiger partial charge in [-0.25, -0.2) is 15.0 Å². The van der Waals surface area contributed by atoms with Gasteiger partial charge in [-0.2, -0.15) is 0 Å². The van der Waals surface area contributed by atoms with Crippen LogP contribution in [0.1, 0.15) is 23.2 Å². The van der Waals surface area contributed by atoms with Crippen molar-refractivity contribution in [1.82, 2.24) is 19.9 Å². The molecule has 2 aromatic heterocycles. The zero-order valence-corrected chi connectivity index (χ0v) is 15.0. The average Bonchev–Trinajstić information content (AvgIpc) is 2.68. The summed E-state index contributed by atoms with van der Waals surface area (Å²) in [6.45, 7) is 1.21. The van der Waals surface area contributed by atoms with E-state index in [2.05, 4.69) is 15.0 Å². The molecular formula is C17H20N4O3S. The molecule has 1 unspecified atom stereocenters. The first-order chi connectivity index (χ1) is 12.2. The summed E-state index contributed by atoms with van der Waals surface area (Å²) in [6.07, 6.45) is 8.31. The zero-order valence-electron chi connectivity index (χ0n) is 14.2. The van der Waals surface area contributed by atoms with E-state index in [9.17, 15) is 4.79 Å². The fourth-order valence-corrected chi connectivity index (χ4v) is 3.34. The standard InChI is InChI=1S/C17H20N4O3S/c1-23-14-15(19-9-8-18-14)24-12-5-4-10-21(11-12)17(22)13-6-3-7-20-16(13)25-2/h3,6-9,12H,4-5,10-11H2,1-2H3. The van der Waals surface area contributed by atoms with Gasteiger partial charge in [0.25, 0.3) is 17.7 Å². The van der Waals surface area contributed by atoms with E-state index < -0.39 is 0 Å². The van der Waals surface area contributed by atoms with Gasteiger partial charge in [-0.3, -0.25) is 4.79 Å². The van der Waals surface area contributed by atoms with E-state index in [1.807, 2.05) is 17.2 Å². The first kappa shape index (κ1) is 17.5. The van der Waals surface area contributed by atoms with Crippen LogP contribution in [0.25, 0.3) is 0 Å². The van der Waals surface area contributed by atoms with Crippen molar-refractivity contribution in [3.63, 3.8) is 0 Å². The van der Waals surface area contributed by atoms with E-state index in [1.165, 1.54) is 18.9 Å². The van der Waals surface area contributed by atoms with Crippen LogP contribution >= 0.6 is 11.8 Å². The number of nitrogens with zero attached hydrogens (tertiary/aromatic N) is 4. The molecule has 3 heterocycles. The first-order valence-electron chi connectivity index (χ1n) is 8.03. The van der Waals surface area contributed by atoms with E-state index in [4.69, 9.17) is 9.47 Å². The van der Waals surface area contributed by atoms with Crippen molar-refractivity contribution in [3.8, 4) is 11.8 Å². The van der Waals surface area contributed by atoms with Crippen LogP contribution in [0, 0.1) is 0 Å². The van der Waals surface area contributed by atoms with Crippen LogP contribution in [0.2, 0.25) is 0 Å². The Morgan fingerprint density at radius 2 is 2.04 bits per heavy atom. The summed E-state index contributed by atoms with van der Waals surface area (Å²) in [6, 6.07) is 3.60. The summed E-state index contributed by atoms with van der Waals surface area (Å²) >= 11 is 1.47. The smallest absolute Gasteiger partial charge is 0.278 e. The molecule has 1 amide bonds. The molecular weight excluding hydrogens is 340 g/mol. The quantitative estimate of drug-likeness (QED) is 0.757. The second kappa shape index (κ2) is 8.15. The maximum absolute atomic E-state index is 12.9. The normalized spacial score (nSPS) is 17.2. The van der Waals surface area contributed by atoms with E-state index in [0.29, 0.717) is 30.4 Å². The third-order valence-electron chi connectivity index (χ3n) is 3.97. The highest BCUT2D eigenvalue weighted by molar-refractivity contribution is 7.98. The summed E-state index contributed by atoms with van der Waals surface area (Å²) in [5.74, 6) is 0.690. The number of amides is 1. The van der Waals surface area contributed by atoms with Crippen LogP contribution in [0.3, 0.4) is 0 Å². The number of ether oxygens (including phenoxy) is 2. The van der Waals surface area contributed by atoms with Crippen molar-refractivity contribution in [2.45, 2.75) is 24.0 Å². The minimum Gasteiger partial charge on any atom is -0.477 e. The van der Waals surface area contributed by atoms with Gasteiger partial charge in [0, 0.05) is 25.1 Å². The van der Waals surface area contributed by atoms with Crippen molar-refractivity contribution in [3.05, 3.63) is 36.3 Å². The highest BCUT2D eigenvalue weighted by Crippen LogP contribution is 2.25. The fourth-order valence-electron chi connectivity index (χ4n) is 2.80. The average molecular weight is 360 g/mol. The largest absolute Gasteiger partial charge is 0.477 e. The molecule has 1 aliphatic rings. The number of pyridine rings is 1. The van der Waals surface area contributed by atoms with Crippen LogP contribution < -0.4 is 9.47 Å². The predicted octanol–water partition coefficient (Wildman–Crippen LogP) is 2.29. The highest BCUT2D eigenvalue weighted by Gasteiger charge is 2.28. The minimum absolute atomic E-state index is 0.0168. The molecule has 0 radical (unpaired) electrons. The minimum atomic E-state index is -0.141. The molecule has 7 nitrogen and oxygen atoms in total. The number of carbonyl (C=O) groups excluding carboxylic acids is 1. The Bertz CT molecular complexity index is 743. The summed E-state index contributed by atoms with van der Waals surface area (Å²) in [7, 11) is 1.53. The molecule has 0 spiro atoms. The number of likely N-dealkylation sites (tertiary alicyclic amines) is 1. The molecule has 8 heteroatoms. The molecule has 1 aliphatic heterocycles. The SMILES string of the molecule is COc1nccnc1OC1CCCN(C(=O)c2cccnc2SC)C1. The topological polar surface area (TPSA) is 77.4 Å². The summed E-state index contributed by atoms with van der Waals surface area (Å²) in [5, 5.41) is 0.742. The molecule has 0 aliphatic carbocycles. The lowest BCUT2D eigenvalue weighted by Crippen LogP contribution is -2.44. The van der Waals surface area contributed by atoms with Crippen LogP contribution in [-0.4, -0.2) is 58.3 Å². The molecule has 1 saturated heterocycles. The maximum Gasteiger partial charge on any atom is 0.278 e. The van der Waals surface area contributed by atoms with Crippen LogP contribution in [0.4, 0.5) is 0 Å². The molecule has 25 heavy (non-hydrogen) atoms. The van der Waals surface area contributed by atoms with Crippen molar-refractivity contribution in [2.24, 2.45) is 0 Å². The lowest BCUT2D eigenvalue weighted by molar-refractivity contribution is 0.0515. The Kier molecular flexibility index (Phi) is 5.70. The van der Waals surface area contributed by atoms with E-state index in [-0.39, 0.29) is 12.0 Å². The second-order valence-corrected chi connectivity index (χ2v) is 6.36. The number of piperidine rings is 1. The Balaban J connectivity index is 1.71. The van der Waals surface area contributed by atoms with Gasteiger partial charge in [0.05, 0.1) is 19.2 Å². The fraction of sp³-hybridized carbons (Fsp3) is 0.412. The first-order valence-corrected chi connectivity index (χ1v) is 9.25. The van der Waals surface area contributed by atoms with Crippen LogP contribution in [0.5, 0.6) is 11.8 Å². The maximum atomic E-state index is 12.9. The molecule has 1 fully saturated rings. The molecule has 2 aromatic rings. The highest BCUT2D eigenvalue weighted by atomic mass is 32.2. The van der Waals surface area contributed by atoms with Crippen LogP contribution in [0.15, 0.2) is 35.7 Å². The number of hydrogen-bond acceptors (Lipinski definition) is 7. The lowest BCUT2D eigenvalue weighted by atomic mass is 10.1. The Morgan fingerprint density at radius 3 is 2.80 bits per heavy atom. The molecule has 0 aromatic carbocycles. The van der Waals surface area contributed by atoms with Gasteiger partial charge in [0.1, 0.15) is 11.1 Å². The third-order valence-corrected chi connectivity index (χ3v) is 4.68. The van der Waals surface area contributed by atoms with Crippen molar-refractivity contribution in [1.29, 1.82) is 0 Å². The Hall–Kier alpha value is -2.35. The molecule has 0 N–H and O–H groups in total. The summed E-state index contributed by atoms with van der Waals surface area (Å²) in [5.41, 5.74) is 0.632. The molecule has 1 atom stereocenters. The van der Waals surface area contributed by atoms with Gasteiger partial charge in [0.15, 0.2) is 0 Å². The summed E-state index contributed by atoms with van der Waals surface area (Å²) in [4.78, 5) is 27.2. The number of methoxy groups -OCH3 is 1. The van der Waals surface area contributed by atoms with Crippen LogP contribution in [-0.2, 0) is 0 Å². The molecule has 132 valence electrons. The Morgan fingerprint density at radius 1 is 1.24 bits per heavy atom. The molecule has 0 bridgehead atoms. The van der Waals surface area contributed by atoms with Crippen molar-refractivity contribution < 1.29 is 14.3 Å². The third kappa shape index (κ3) is 4.01. The van der Waals surface area contributed by atoms with Gasteiger partial charge in [-0.05, 0) is 31.2 Å². The molecule has 3 rings (SSSR count). The zero-order chi connectivity index (χ0) is 17.6. The van der Waals surface area contributed by atoms with Crippen molar-refractivity contribution >= 4 is 17.7 Å². The number of thioether (sulfide) groups is 1. The number of carbonyl (C=O) groups is 1. The summed E-state index contributed by atoms with van der Waals surface area (Å²) < 4.78 is 11.1. The Labute approximate surface area is 150 Å². The number of aromatic nitrogens is 3. The van der Waals surface area contributed by atoms with Crippen molar-refractivity contribution in [2.75, 3.05) is 26.5 Å². The van der Waals surface area contributed by atoms with Gasteiger partial charge < -0.3 is 14.4 Å². The van der Waals surface area contributed by atoms with E-state index in [1.54, 1.807) is 24.7 Å². The van der Waals surface area contributed by atoms with Gasteiger partial charge >= 0.3 is 0 Å². The second-order valence-electron chi connectivity index (χ2n) is 5.56.